The highest BCUT2D eigenvalue weighted by molar-refractivity contribution is 6.38. The van der Waals surface area contributed by atoms with Gasteiger partial charge in [0.1, 0.15) is 0 Å². The highest BCUT2D eigenvalue weighted by atomic mass is 19.4. The van der Waals surface area contributed by atoms with Gasteiger partial charge >= 0.3 is 6.18 Å². The van der Waals surface area contributed by atoms with Crippen molar-refractivity contribution in [3.8, 4) is 0 Å². The van der Waals surface area contributed by atoms with E-state index in [0.717, 1.165) is 25.7 Å². The second kappa shape index (κ2) is 10.2. The Kier molecular flexibility index (Phi) is 8.27. The molecule has 28 heavy (non-hydrogen) atoms. The summed E-state index contributed by atoms with van der Waals surface area (Å²) in [5.41, 5.74) is 0. The zero-order valence-electron chi connectivity index (χ0n) is 16.3. The first-order chi connectivity index (χ1) is 13.2. The van der Waals surface area contributed by atoms with Crippen LogP contribution in [0.15, 0.2) is 0 Å². The van der Waals surface area contributed by atoms with Crippen LogP contribution in [0.25, 0.3) is 0 Å². The lowest BCUT2D eigenvalue weighted by Crippen LogP contribution is -2.53. The molecule has 2 rings (SSSR count). The van der Waals surface area contributed by atoms with E-state index in [-0.39, 0.29) is 19.1 Å². The average Bonchev–Trinajstić information content (AvgIpc) is 2.67. The minimum atomic E-state index is -4.25. The fraction of sp³-hybridized carbons (Fsp3) is 0.842. The molecular weight excluding hydrogens is 375 g/mol. The third-order valence-corrected chi connectivity index (χ3v) is 5.83. The van der Waals surface area contributed by atoms with Crippen LogP contribution in [-0.2, 0) is 14.4 Å². The molecule has 6 nitrogen and oxygen atoms in total. The molecule has 9 heteroatoms. The van der Waals surface area contributed by atoms with Gasteiger partial charge in [-0.1, -0.05) is 19.3 Å². The Morgan fingerprint density at radius 2 is 1.75 bits per heavy atom. The van der Waals surface area contributed by atoms with E-state index in [1.54, 1.807) is 0 Å². The summed E-state index contributed by atoms with van der Waals surface area (Å²) < 4.78 is 37.5. The largest absolute Gasteiger partial charge is 0.401 e. The topological polar surface area (TPSA) is 69.7 Å². The van der Waals surface area contributed by atoms with Gasteiger partial charge in [-0.15, -0.1) is 0 Å². The van der Waals surface area contributed by atoms with Gasteiger partial charge in [0.05, 0.1) is 12.6 Å². The van der Waals surface area contributed by atoms with Crippen molar-refractivity contribution in [2.75, 3.05) is 26.2 Å². The maximum absolute atomic E-state index is 12.5. The Morgan fingerprint density at radius 3 is 2.29 bits per heavy atom. The fourth-order valence-electron chi connectivity index (χ4n) is 4.16. The molecule has 160 valence electrons. The van der Waals surface area contributed by atoms with Crippen molar-refractivity contribution < 1.29 is 27.6 Å². The number of carbonyl (C=O) groups excluding carboxylic acids is 3. The molecule has 1 unspecified atom stereocenters. The van der Waals surface area contributed by atoms with E-state index in [9.17, 15) is 27.6 Å². The molecular formula is C19H30F3N3O3. The van der Waals surface area contributed by atoms with Gasteiger partial charge in [-0.2, -0.15) is 13.2 Å². The van der Waals surface area contributed by atoms with Crippen molar-refractivity contribution >= 4 is 18.1 Å². The number of carbonyl (C=O) groups is 3. The summed E-state index contributed by atoms with van der Waals surface area (Å²) in [5.74, 6) is -0.985. The number of piperidine rings is 1. The Hall–Kier alpha value is -1.64. The summed E-state index contributed by atoms with van der Waals surface area (Å²) in [6.07, 6.45) is 2.52. The molecule has 1 N–H and O–H groups in total. The molecule has 0 radical (unpaired) electrons. The van der Waals surface area contributed by atoms with Crippen LogP contribution in [0.5, 0.6) is 0 Å². The third kappa shape index (κ3) is 6.76. The number of hydrogen-bond donors (Lipinski definition) is 1. The first kappa shape index (κ1) is 22.6. The molecule has 0 aromatic carbocycles. The van der Waals surface area contributed by atoms with Crippen LogP contribution < -0.4 is 5.32 Å². The zero-order valence-corrected chi connectivity index (χ0v) is 16.3. The molecule has 1 atom stereocenters. The number of hydrogen-bond acceptors (Lipinski definition) is 4. The average molecular weight is 405 g/mol. The van der Waals surface area contributed by atoms with Gasteiger partial charge in [-0.05, 0) is 38.5 Å². The van der Waals surface area contributed by atoms with Crippen molar-refractivity contribution in [2.24, 2.45) is 5.92 Å². The zero-order chi connectivity index (χ0) is 20.7. The van der Waals surface area contributed by atoms with E-state index in [4.69, 9.17) is 0 Å². The van der Waals surface area contributed by atoms with Crippen LogP contribution in [0.3, 0.4) is 0 Å². The molecule has 1 saturated heterocycles. The summed E-state index contributed by atoms with van der Waals surface area (Å²) in [4.78, 5) is 38.8. The number of rotatable bonds is 8. The van der Waals surface area contributed by atoms with Gasteiger partial charge in [-0.25, -0.2) is 0 Å². The lowest BCUT2D eigenvalue weighted by Gasteiger charge is -2.39. The first-order valence-corrected chi connectivity index (χ1v) is 10.0. The predicted molar refractivity (Wildman–Crippen MR) is 97.5 cm³/mol. The van der Waals surface area contributed by atoms with Crippen LogP contribution in [0.1, 0.15) is 51.9 Å². The van der Waals surface area contributed by atoms with Gasteiger partial charge < -0.3 is 10.2 Å². The Bertz CT molecular complexity index is 542. The molecule has 0 bridgehead atoms. The number of nitrogens with one attached hydrogen (secondary N) is 1. The SMILES string of the molecule is CC(C(=O)C(=O)NCC1CCCCC1)N(C=O)C1CCN(CC(F)(F)F)CC1. The number of ketones is 1. The van der Waals surface area contributed by atoms with E-state index in [2.05, 4.69) is 5.32 Å². The number of halogens is 3. The molecule has 2 amide bonds. The molecule has 1 aliphatic carbocycles. The normalized spacial score (nSPS) is 21.1. The monoisotopic (exact) mass is 405 g/mol. The highest BCUT2D eigenvalue weighted by Gasteiger charge is 2.36. The van der Waals surface area contributed by atoms with Crippen LogP contribution in [0.2, 0.25) is 0 Å². The summed E-state index contributed by atoms with van der Waals surface area (Å²) in [6, 6.07) is -1.27. The number of Topliss-reactive ketones (excluding diaryl/α,β-unsaturated/α-hetero) is 1. The molecule has 1 aliphatic heterocycles. The fourth-order valence-corrected chi connectivity index (χ4v) is 4.16. The molecule has 0 aromatic rings. The highest BCUT2D eigenvalue weighted by Crippen LogP contribution is 2.24. The van der Waals surface area contributed by atoms with Crippen molar-refractivity contribution in [1.29, 1.82) is 0 Å². The van der Waals surface area contributed by atoms with Crippen molar-refractivity contribution in [3.05, 3.63) is 0 Å². The molecule has 1 heterocycles. The van der Waals surface area contributed by atoms with Gasteiger partial charge in [-0.3, -0.25) is 19.3 Å². The smallest absolute Gasteiger partial charge is 0.349 e. The van der Waals surface area contributed by atoms with Gasteiger partial charge in [0, 0.05) is 25.7 Å². The maximum Gasteiger partial charge on any atom is 0.401 e. The van der Waals surface area contributed by atoms with Gasteiger partial charge in [0.25, 0.3) is 5.91 Å². The van der Waals surface area contributed by atoms with Crippen LogP contribution >= 0.6 is 0 Å². The molecule has 0 aromatic heterocycles. The summed E-state index contributed by atoms with van der Waals surface area (Å²) in [7, 11) is 0. The third-order valence-electron chi connectivity index (χ3n) is 5.83. The van der Waals surface area contributed by atoms with Crippen molar-refractivity contribution in [1.82, 2.24) is 15.1 Å². The lowest BCUT2D eigenvalue weighted by atomic mass is 9.89. The summed E-state index contributed by atoms with van der Waals surface area (Å²) >= 11 is 0. The Morgan fingerprint density at radius 1 is 1.14 bits per heavy atom. The summed E-state index contributed by atoms with van der Waals surface area (Å²) in [6.45, 7) is 1.39. The quantitative estimate of drug-likeness (QED) is 0.496. The Labute approximate surface area is 163 Å². The number of amides is 2. The second-order valence-corrected chi connectivity index (χ2v) is 7.93. The van der Waals surface area contributed by atoms with E-state index < -0.39 is 30.5 Å². The van der Waals surface area contributed by atoms with Crippen molar-refractivity contribution in [3.63, 3.8) is 0 Å². The standard InChI is InChI=1S/C19H30F3N3O3/c1-14(17(27)18(28)23-11-15-5-3-2-4-6-15)25(13-26)16-7-9-24(10-8-16)12-19(20,21)22/h13-16H,2-12H2,1H3,(H,23,28). The second-order valence-electron chi connectivity index (χ2n) is 7.93. The van der Waals surface area contributed by atoms with Gasteiger partial charge in [0.15, 0.2) is 0 Å². The number of likely N-dealkylation sites (tertiary alicyclic amines) is 1. The summed E-state index contributed by atoms with van der Waals surface area (Å²) in [5, 5.41) is 2.68. The first-order valence-electron chi connectivity index (χ1n) is 10.0. The molecule has 1 saturated carbocycles. The van der Waals surface area contributed by atoms with Gasteiger partial charge in [0.2, 0.25) is 12.2 Å². The van der Waals surface area contributed by atoms with Crippen LogP contribution in [0, 0.1) is 5.92 Å². The minimum Gasteiger partial charge on any atom is -0.349 e. The van der Waals surface area contributed by atoms with E-state index in [1.165, 1.54) is 23.1 Å². The van der Waals surface area contributed by atoms with E-state index in [1.807, 2.05) is 0 Å². The van der Waals surface area contributed by atoms with Crippen LogP contribution in [0.4, 0.5) is 13.2 Å². The minimum absolute atomic E-state index is 0.198. The lowest BCUT2D eigenvalue weighted by molar-refractivity contribution is -0.151. The van der Waals surface area contributed by atoms with Crippen LogP contribution in [-0.4, -0.2) is 72.3 Å². The molecule has 2 fully saturated rings. The Balaban J connectivity index is 1.82. The number of nitrogens with zero attached hydrogens (tertiary/aromatic N) is 2. The van der Waals surface area contributed by atoms with E-state index in [0.29, 0.717) is 31.7 Å². The molecule has 0 spiro atoms. The van der Waals surface area contributed by atoms with Crippen molar-refractivity contribution in [2.45, 2.75) is 70.1 Å². The number of alkyl halides is 3. The maximum atomic E-state index is 12.5. The predicted octanol–water partition coefficient (Wildman–Crippen LogP) is 2.13. The van der Waals surface area contributed by atoms with E-state index >= 15 is 0 Å². The molecule has 2 aliphatic rings.